The van der Waals surface area contributed by atoms with Crippen LogP contribution in [0.1, 0.15) is 30.5 Å². The summed E-state index contributed by atoms with van der Waals surface area (Å²) in [5.74, 6) is 1.45. The summed E-state index contributed by atoms with van der Waals surface area (Å²) >= 11 is 5.98. The maximum atomic E-state index is 12.8. The molecule has 1 aromatic heterocycles. The molecule has 0 saturated carbocycles. The topological polar surface area (TPSA) is 87.2 Å². The van der Waals surface area contributed by atoms with Crippen LogP contribution in [0.3, 0.4) is 0 Å². The number of sulfonamides is 1. The molecule has 3 aromatic rings. The highest BCUT2D eigenvalue weighted by Crippen LogP contribution is 2.25. The van der Waals surface area contributed by atoms with Crippen LogP contribution in [0.25, 0.3) is 0 Å². The largest absolute Gasteiger partial charge is 0.356 e. The van der Waals surface area contributed by atoms with E-state index in [0.29, 0.717) is 22.2 Å². The zero-order valence-corrected chi connectivity index (χ0v) is 19.7. The van der Waals surface area contributed by atoms with Crippen molar-refractivity contribution in [3.8, 4) is 0 Å². The first kappa shape index (κ1) is 22.4. The second-order valence-corrected chi connectivity index (χ2v) is 10.0. The number of rotatable bonds is 6. The van der Waals surface area contributed by atoms with Gasteiger partial charge in [0.25, 0.3) is 10.0 Å². The Balaban J connectivity index is 1.48. The molecule has 1 aliphatic heterocycles. The van der Waals surface area contributed by atoms with Gasteiger partial charge in [-0.15, -0.1) is 0 Å². The van der Waals surface area contributed by atoms with E-state index in [1.54, 1.807) is 43.3 Å². The Kier molecular flexibility index (Phi) is 6.53. The first-order valence-electron chi connectivity index (χ1n) is 10.6. The van der Waals surface area contributed by atoms with Gasteiger partial charge in [-0.1, -0.05) is 17.7 Å². The number of halogens is 1. The summed E-state index contributed by atoms with van der Waals surface area (Å²) < 4.78 is 28.1. The maximum absolute atomic E-state index is 12.8. The number of hydrogen-bond acceptors (Lipinski definition) is 6. The molecule has 0 bridgehead atoms. The minimum Gasteiger partial charge on any atom is -0.356 e. The van der Waals surface area contributed by atoms with E-state index >= 15 is 0 Å². The van der Waals surface area contributed by atoms with Crippen molar-refractivity contribution in [1.82, 2.24) is 9.97 Å². The highest BCUT2D eigenvalue weighted by Gasteiger charge is 2.18. The molecule has 2 heterocycles. The van der Waals surface area contributed by atoms with Gasteiger partial charge >= 0.3 is 0 Å². The maximum Gasteiger partial charge on any atom is 0.262 e. The van der Waals surface area contributed by atoms with E-state index in [1.165, 1.54) is 25.3 Å². The fourth-order valence-electron chi connectivity index (χ4n) is 3.72. The van der Waals surface area contributed by atoms with Gasteiger partial charge in [-0.3, -0.25) is 4.72 Å². The summed E-state index contributed by atoms with van der Waals surface area (Å²) in [6.45, 7) is 5.71. The van der Waals surface area contributed by atoms with Gasteiger partial charge in [0.05, 0.1) is 4.90 Å². The van der Waals surface area contributed by atoms with Crippen molar-refractivity contribution in [1.29, 1.82) is 0 Å². The van der Waals surface area contributed by atoms with Crippen molar-refractivity contribution in [3.05, 3.63) is 64.8 Å². The van der Waals surface area contributed by atoms with E-state index in [4.69, 9.17) is 11.6 Å². The lowest BCUT2D eigenvalue weighted by Gasteiger charge is -2.28. The molecule has 32 heavy (non-hydrogen) atoms. The molecule has 0 amide bonds. The molecule has 0 radical (unpaired) electrons. The number of nitrogens with one attached hydrogen (secondary N) is 2. The molecule has 0 unspecified atom stereocenters. The molecular weight excluding hydrogens is 446 g/mol. The van der Waals surface area contributed by atoms with Gasteiger partial charge in [0.2, 0.25) is 5.95 Å². The number of aryl methyl sites for hydroxylation is 2. The number of benzene rings is 2. The van der Waals surface area contributed by atoms with Gasteiger partial charge in [-0.2, -0.15) is 4.98 Å². The lowest BCUT2D eigenvalue weighted by molar-refractivity contribution is 0.573. The molecule has 0 aliphatic carbocycles. The molecule has 9 heteroatoms. The summed E-state index contributed by atoms with van der Waals surface area (Å²) in [6.07, 6.45) is 3.62. The van der Waals surface area contributed by atoms with Crippen LogP contribution in [-0.2, 0) is 10.0 Å². The van der Waals surface area contributed by atoms with Crippen LogP contribution in [0.2, 0.25) is 5.02 Å². The number of anilines is 4. The first-order valence-corrected chi connectivity index (χ1v) is 12.4. The van der Waals surface area contributed by atoms with E-state index in [-0.39, 0.29) is 4.90 Å². The summed E-state index contributed by atoms with van der Waals surface area (Å²) in [4.78, 5) is 11.6. The normalized spacial score (nSPS) is 14.3. The smallest absolute Gasteiger partial charge is 0.262 e. The van der Waals surface area contributed by atoms with Crippen LogP contribution in [0, 0.1) is 13.8 Å². The average molecular weight is 472 g/mol. The number of piperidine rings is 1. The van der Waals surface area contributed by atoms with Gasteiger partial charge in [0.15, 0.2) is 0 Å². The molecule has 0 atom stereocenters. The van der Waals surface area contributed by atoms with Crippen molar-refractivity contribution in [2.24, 2.45) is 0 Å². The third-order valence-corrected chi connectivity index (χ3v) is 7.11. The number of aromatic nitrogens is 2. The Morgan fingerprint density at radius 1 is 0.906 bits per heavy atom. The van der Waals surface area contributed by atoms with E-state index in [0.717, 1.165) is 30.3 Å². The van der Waals surface area contributed by atoms with Gasteiger partial charge in [-0.25, -0.2) is 13.4 Å². The van der Waals surface area contributed by atoms with E-state index in [1.807, 2.05) is 13.0 Å². The Labute approximate surface area is 193 Å². The third kappa shape index (κ3) is 5.31. The fourth-order valence-corrected chi connectivity index (χ4v) is 5.28. The number of nitrogens with zero attached hydrogens (tertiary/aromatic N) is 3. The second kappa shape index (κ2) is 9.34. The highest BCUT2D eigenvalue weighted by atomic mass is 35.5. The minimum atomic E-state index is -3.75. The van der Waals surface area contributed by atoms with Crippen LogP contribution in [0.15, 0.2) is 53.4 Å². The second-order valence-electron chi connectivity index (χ2n) is 7.96. The highest BCUT2D eigenvalue weighted by molar-refractivity contribution is 7.92. The molecule has 2 aromatic carbocycles. The van der Waals surface area contributed by atoms with Gasteiger partial charge in [0.1, 0.15) is 5.82 Å². The molecule has 2 N–H and O–H groups in total. The lowest BCUT2D eigenvalue weighted by Crippen LogP contribution is -2.30. The van der Waals surface area contributed by atoms with Crippen molar-refractivity contribution < 1.29 is 8.42 Å². The molecular formula is C23H26ClN5O2S. The summed E-state index contributed by atoms with van der Waals surface area (Å²) in [5.41, 5.74) is 2.74. The Bertz CT molecular complexity index is 1210. The molecule has 1 saturated heterocycles. The van der Waals surface area contributed by atoms with E-state index in [9.17, 15) is 8.42 Å². The molecule has 7 nitrogen and oxygen atoms in total. The monoisotopic (exact) mass is 471 g/mol. The zero-order valence-electron chi connectivity index (χ0n) is 18.1. The van der Waals surface area contributed by atoms with Crippen molar-refractivity contribution >= 4 is 44.8 Å². The van der Waals surface area contributed by atoms with E-state index in [2.05, 4.69) is 24.9 Å². The Hall–Kier alpha value is -2.84. The van der Waals surface area contributed by atoms with Gasteiger partial charge in [-0.05, 0) is 75.1 Å². The summed E-state index contributed by atoms with van der Waals surface area (Å²) in [6, 6.07) is 13.8. The van der Waals surface area contributed by atoms with Crippen LogP contribution in [0.5, 0.6) is 0 Å². The quantitative estimate of drug-likeness (QED) is 0.508. The predicted octanol–water partition coefficient (Wildman–Crippen LogP) is 5.28. The fraction of sp³-hybridized carbons (Fsp3) is 0.304. The molecule has 4 rings (SSSR count). The lowest BCUT2D eigenvalue weighted by atomic mass is 10.1. The van der Waals surface area contributed by atoms with E-state index < -0.39 is 10.0 Å². The van der Waals surface area contributed by atoms with Crippen LogP contribution >= 0.6 is 11.6 Å². The summed E-state index contributed by atoms with van der Waals surface area (Å²) in [5, 5.41) is 3.59. The molecule has 1 aliphatic rings. The molecule has 168 valence electrons. The first-order chi connectivity index (χ1) is 15.3. The van der Waals surface area contributed by atoms with Gasteiger partial charge < -0.3 is 10.2 Å². The molecule has 0 spiro atoms. The predicted molar refractivity (Wildman–Crippen MR) is 130 cm³/mol. The van der Waals surface area contributed by atoms with Crippen LogP contribution < -0.4 is 14.9 Å². The minimum absolute atomic E-state index is 0.158. The van der Waals surface area contributed by atoms with Gasteiger partial charge in [0, 0.05) is 41.2 Å². The van der Waals surface area contributed by atoms with Crippen LogP contribution in [-0.4, -0.2) is 31.5 Å². The summed E-state index contributed by atoms with van der Waals surface area (Å²) in [7, 11) is -3.75. The van der Waals surface area contributed by atoms with Crippen molar-refractivity contribution in [2.75, 3.05) is 28.0 Å². The average Bonchev–Trinajstić information content (AvgIpc) is 2.77. The third-order valence-electron chi connectivity index (χ3n) is 5.35. The van der Waals surface area contributed by atoms with Crippen LogP contribution in [0.4, 0.5) is 23.1 Å². The Morgan fingerprint density at radius 2 is 1.59 bits per heavy atom. The SMILES string of the molecule is Cc1cc(N2CCCCC2)nc(Nc2ccc(NS(=O)(=O)c3cc(Cl)ccc3C)cc2)n1. The standard InChI is InChI=1S/C23H26ClN5O2S/c1-16-6-7-18(24)15-21(16)32(30,31)28-20-10-8-19(9-11-20)26-23-25-17(2)14-22(27-23)29-12-4-3-5-13-29/h6-11,14-15,28H,3-5,12-13H2,1-2H3,(H,25,26,27). The number of hydrogen-bond donors (Lipinski definition) is 2. The zero-order chi connectivity index (χ0) is 22.7. The van der Waals surface area contributed by atoms with Crippen molar-refractivity contribution in [3.63, 3.8) is 0 Å². The van der Waals surface area contributed by atoms with Crippen molar-refractivity contribution in [2.45, 2.75) is 38.0 Å². The Morgan fingerprint density at radius 3 is 2.31 bits per heavy atom. The molecule has 1 fully saturated rings.